The van der Waals surface area contributed by atoms with Crippen molar-refractivity contribution in [3.8, 4) is 0 Å². The molecule has 0 bridgehead atoms. The zero-order chi connectivity index (χ0) is 7.98. The lowest BCUT2D eigenvalue weighted by Crippen LogP contribution is -1.99. The topological polar surface area (TPSA) is 20.2 Å². The van der Waals surface area contributed by atoms with Gasteiger partial charge in [-0.05, 0) is 18.9 Å². The van der Waals surface area contributed by atoms with Gasteiger partial charge in [0.05, 0.1) is 6.10 Å². The van der Waals surface area contributed by atoms with Gasteiger partial charge in [0.25, 0.3) is 0 Å². The van der Waals surface area contributed by atoms with Gasteiger partial charge < -0.3 is 5.11 Å². The largest absolute Gasteiger partial charge is 0.393 e. The molecule has 0 radical (unpaired) electrons. The predicted molar refractivity (Wildman–Crippen MR) is 44.8 cm³/mol. The van der Waals surface area contributed by atoms with Gasteiger partial charge in [-0.15, -0.1) is 0 Å². The number of rotatable bonds is 4. The van der Waals surface area contributed by atoms with Crippen molar-refractivity contribution in [3.63, 3.8) is 0 Å². The Hall–Kier alpha value is -0.820. The Morgan fingerprint density at radius 3 is 2.50 bits per heavy atom. The highest BCUT2D eigenvalue weighted by atomic mass is 16.3. The van der Waals surface area contributed by atoms with Crippen LogP contribution in [0.3, 0.4) is 0 Å². The van der Waals surface area contributed by atoms with Crippen molar-refractivity contribution in [1.29, 1.82) is 0 Å². The Kier molecular flexibility index (Phi) is 4.59. The van der Waals surface area contributed by atoms with Gasteiger partial charge in [-0.1, -0.05) is 31.4 Å². The summed E-state index contributed by atoms with van der Waals surface area (Å²) in [5.74, 6) is 0. The average molecular weight is 138 g/mol. The molecule has 1 N–H and O–H groups in total. The minimum atomic E-state index is -0.302. The van der Waals surface area contributed by atoms with Gasteiger partial charge >= 0.3 is 0 Å². The normalized spacial score (nSPS) is 14.4. The standard InChI is InChI=1S/C9H14O/c1-4-6-9(5-2)7-8(3)10/h4-6,8,10H,1-2,7H2,3H3/b9-6+. The van der Waals surface area contributed by atoms with E-state index in [4.69, 9.17) is 5.11 Å². The highest BCUT2D eigenvalue weighted by Gasteiger charge is 1.96. The molecule has 1 unspecified atom stereocenters. The van der Waals surface area contributed by atoms with Crippen molar-refractivity contribution in [1.82, 2.24) is 0 Å². The van der Waals surface area contributed by atoms with Gasteiger partial charge in [0.1, 0.15) is 0 Å². The van der Waals surface area contributed by atoms with E-state index in [1.54, 1.807) is 19.1 Å². The van der Waals surface area contributed by atoms with Gasteiger partial charge in [0, 0.05) is 0 Å². The maximum atomic E-state index is 8.96. The Labute approximate surface area is 62.4 Å². The molecule has 1 nitrogen and oxygen atoms in total. The van der Waals surface area contributed by atoms with Crippen LogP contribution in [0.5, 0.6) is 0 Å². The zero-order valence-corrected chi connectivity index (χ0v) is 6.38. The third kappa shape index (κ3) is 4.10. The maximum absolute atomic E-state index is 8.96. The highest BCUT2D eigenvalue weighted by Crippen LogP contribution is 2.05. The molecule has 0 spiro atoms. The molecular formula is C9H14O. The molecule has 1 heteroatoms. The zero-order valence-electron chi connectivity index (χ0n) is 6.38. The van der Waals surface area contributed by atoms with Crippen LogP contribution in [0.1, 0.15) is 13.3 Å². The molecule has 0 aromatic heterocycles. The molecule has 0 rings (SSSR count). The van der Waals surface area contributed by atoms with Crippen LogP contribution < -0.4 is 0 Å². The first kappa shape index (κ1) is 9.18. The molecule has 0 saturated heterocycles. The van der Waals surface area contributed by atoms with Crippen LogP contribution in [0.2, 0.25) is 0 Å². The van der Waals surface area contributed by atoms with E-state index in [1.807, 2.05) is 6.08 Å². The smallest absolute Gasteiger partial charge is 0.0552 e. The summed E-state index contributed by atoms with van der Waals surface area (Å²) in [6, 6.07) is 0. The van der Waals surface area contributed by atoms with E-state index < -0.39 is 0 Å². The van der Waals surface area contributed by atoms with Gasteiger partial charge in [-0.25, -0.2) is 0 Å². The minimum Gasteiger partial charge on any atom is -0.393 e. The summed E-state index contributed by atoms with van der Waals surface area (Å²) in [6.45, 7) is 8.91. The van der Waals surface area contributed by atoms with E-state index in [2.05, 4.69) is 13.2 Å². The minimum absolute atomic E-state index is 0.302. The fourth-order valence-corrected chi connectivity index (χ4v) is 0.712. The summed E-state index contributed by atoms with van der Waals surface area (Å²) in [5.41, 5.74) is 1.02. The van der Waals surface area contributed by atoms with Crippen molar-refractivity contribution < 1.29 is 5.11 Å². The van der Waals surface area contributed by atoms with E-state index in [0.717, 1.165) is 5.57 Å². The van der Waals surface area contributed by atoms with Crippen LogP contribution in [-0.2, 0) is 0 Å². The molecule has 56 valence electrons. The molecule has 0 heterocycles. The van der Waals surface area contributed by atoms with Gasteiger partial charge in [-0.2, -0.15) is 0 Å². The number of hydrogen-bond donors (Lipinski definition) is 1. The molecule has 0 fully saturated rings. The summed E-state index contributed by atoms with van der Waals surface area (Å²) >= 11 is 0. The van der Waals surface area contributed by atoms with Crippen molar-refractivity contribution in [3.05, 3.63) is 37.0 Å². The first-order chi connectivity index (χ1) is 4.70. The van der Waals surface area contributed by atoms with Crippen molar-refractivity contribution >= 4 is 0 Å². The highest BCUT2D eigenvalue weighted by molar-refractivity contribution is 5.21. The second-order valence-electron chi connectivity index (χ2n) is 2.23. The SMILES string of the molecule is C=C/C=C(\C=C)CC(C)O. The molecule has 0 aromatic rings. The molecule has 1 atom stereocenters. The molecule has 0 amide bonds. The quantitative estimate of drug-likeness (QED) is 0.589. The monoisotopic (exact) mass is 138 g/mol. The maximum Gasteiger partial charge on any atom is 0.0552 e. The molecular weight excluding hydrogens is 124 g/mol. The van der Waals surface area contributed by atoms with Crippen molar-refractivity contribution in [2.24, 2.45) is 0 Å². The van der Waals surface area contributed by atoms with Crippen LogP contribution in [0.15, 0.2) is 37.0 Å². The molecule has 10 heavy (non-hydrogen) atoms. The number of allylic oxidation sites excluding steroid dienone is 3. The summed E-state index contributed by atoms with van der Waals surface area (Å²) in [7, 11) is 0. The van der Waals surface area contributed by atoms with Crippen LogP contribution in [-0.4, -0.2) is 11.2 Å². The number of aliphatic hydroxyl groups is 1. The van der Waals surface area contributed by atoms with Crippen molar-refractivity contribution in [2.45, 2.75) is 19.4 Å². The van der Waals surface area contributed by atoms with E-state index in [-0.39, 0.29) is 6.10 Å². The summed E-state index contributed by atoms with van der Waals surface area (Å²) < 4.78 is 0. The van der Waals surface area contributed by atoms with Gasteiger partial charge in [-0.3, -0.25) is 0 Å². The van der Waals surface area contributed by atoms with Gasteiger partial charge in [0.15, 0.2) is 0 Å². The first-order valence-corrected chi connectivity index (χ1v) is 3.32. The predicted octanol–water partition coefficient (Wildman–Crippen LogP) is 2.06. The van der Waals surface area contributed by atoms with Crippen molar-refractivity contribution in [2.75, 3.05) is 0 Å². The van der Waals surface area contributed by atoms with Crippen LogP contribution in [0, 0.1) is 0 Å². The molecule has 0 aliphatic rings. The number of hydrogen-bond acceptors (Lipinski definition) is 1. The third-order valence-electron chi connectivity index (χ3n) is 1.13. The van der Waals surface area contributed by atoms with E-state index in [0.29, 0.717) is 6.42 Å². The third-order valence-corrected chi connectivity index (χ3v) is 1.13. The summed E-state index contributed by atoms with van der Waals surface area (Å²) in [6.07, 6.45) is 5.62. The molecule has 0 saturated carbocycles. The van der Waals surface area contributed by atoms with E-state index in [9.17, 15) is 0 Å². The Morgan fingerprint density at radius 1 is 1.60 bits per heavy atom. The Bertz CT molecular complexity index is 143. The molecule has 0 aliphatic carbocycles. The van der Waals surface area contributed by atoms with E-state index >= 15 is 0 Å². The second-order valence-corrected chi connectivity index (χ2v) is 2.23. The van der Waals surface area contributed by atoms with Crippen LogP contribution in [0.4, 0.5) is 0 Å². The molecule has 0 aromatic carbocycles. The Balaban J connectivity index is 3.95. The van der Waals surface area contributed by atoms with Gasteiger partial charge in [0.2, 0.25) is 0 Å². The summed E-state index contributed by atoms with van der Waals surface area (Å²) in [4.78, 5) is 0. The molecule has 0 aliphatic heterocycles. The lowest BCUT2D eigenvalue weighted by atomic mass is 10.1. The second kappa shape index (κ2) is 5.00. The first-order valence-electron chi connectivity index (χ1n) is 3.32. The van der Waals surface area contributed by atoms with Crippen LogP contribution in [0.25, 0.3) is 0 Å². The fourth-order valence-electron chi connectivity index (χ4n) is 0.712. The lowest BCUT2D eigenvalue weighted by Gasteiger charge is -2.02. The fraction of sp³-hybridized carbons (Fsp3) is 0.333. The average Bonchev–Trinajstić information content (AvgIpc) is 1.86. The Morgan fingerprint density at radius 2 is 2.20 bits per heavy atom. The number of aliphatic hydroxyl groups excluding tert-OH is 1. The summed E-state index contributed by atoms with van der Waals surface area (Å²) in [5, 5.41) is 8.96. The van der Waals surface area contributed by atoms with Crippen LogP contribution >= 0.6 is 0 Å². The van der Waals surface area contributed by atoms with E-state index in [1.165, 1.54) is 0 Å². The lowest BCUT2D eigenvalue weighted by molar-refractivity contribution is 0.196.